The smallest absolute Gasteiger partial charge is 0.143 e. The summed E-state index contributed by atoms with van der Waals surface area (Å²) in [5.41, 5.74) is 12.1. The van der Waals surface area contributed by atoms with E-state index in [1.165, 1.54) is 32.7 Å². The van der Waals surface area contributed by atoms with Crippen LogP contribution in [0, 0.1) is 0 Å². The minimum absolute atomic E-state index is 0.906. The number of fused-ring (bicyclic) bond motifs is 5. The summed E-state index contributed by atoms with van der Waals surface area (Å²) in [5, 5.41) is 7.13. The van der Waals surface area contributed by atoms with Gasteiger partial charge in [0.15, 0.2) is 0 Å². The van der Waals surface area contributed by atoms with E-state index < -0.39 is 0 Å². The van der Waals surface area contributed by atoms with Crippen molar-refractivity contribution in [3.63, 3.8) is 0 Å². The average Bonchev–Trinajstić information content (AvgIpc) is 3.61. The Kier molecular flexibility index (Phi) is 7.18. The molecule has 0 aliphatic rings. The predicted molar refractivity (Wildman–Crippen MR) is 220 cm³/mol. The van der Waals surface area contributed by atoms with E-state index in [4.69, 9.17) is 4.42 Å². The van der Waals surface area contributed by atoms with Crippen molar-refractivity contribution in [3.8, 4) is 33.4 Å². The molecule has 2 heteroatoms. The lowest BCUT2D eigenvalue weighted by Gasteiger charge is -2.28. The lowest BCUT2D eigenvalue weighted by Crippen LogP contribution is -2.11. The molecule has 244 valence electrons. The zero-order chi connectivity index (χ0) is 34.4. The van der Waals surface area contributed by atoms with Crippen molar-refractivity contribution in [2.75, 3.05) is 4.90 Å². The average molecular weight is 664 g/mol. The first-order valence-electron chi connectivity index (χ1n) is 17.8. The molecule has 10 aromatic rings. The standard InChI is InChI=1S/C50H33NO/c1-2-13-37(14-3-1)46-33-38(29-32-42(46)44-22-12-23-45-43-21-8-9-26-49(43)52-50(44)45)34-27-30-39(31-28-34)51(47-24-10-17-35-15-4-6-19-40(35)47)48-25-11-18-36-16-5-7-20-41(36)48/h1-33H. The Morgan fingerprint density at radius 2 is 0.885 bits per heavy atom. The van der Waals surface area contributed by atoms with Gasteiger partial charge in [-0.25, -0.2) is 0 Å². The summed E-state index contributed by atoms with van der Waals surface area (Å²) in [6, 6.07) is 71.7. The highest BCUT2D eigenvalue weighted by molar-refractivity contribution is 6.11. The number of nitrogens with zero attached hydrogens (tertiary/aromatic N) is 1. The quantitative estimate of drug-likeness (QED) is 0.176. The van der Waals surface area contributed by atoms with Crippen LogP contribution in [-0.4, -0.2) is 0 Å². The summed E-state index contributed by atoms with van der Waals surface area (Å²) < 4.78 is 6.50. The molecular weight excluding hydrogens is 631 g/mol. The van der Waals surface area contributed by atoms with Crippen molar-refractivity contribution in [2.45, 2.75) is 0 Å². The van der Waals surface area contributed by atoms with Gasteiger partial charge in [-0.05, 0) is 75.0 Å². The van der Waals surface area contributed by atoms with Gasteiger partial charge in [0, 0.05) is 32.8 Å². The monoisotopic (exact) mass is 663 g/mol. The Labute approximate surface area is 302 Å². The first kappa shape index (κ1) is 30.0. The van der Waals surface area contributed by atoms with Crippen LogP contribution in [-0.2, 0) is 0 Å². The number of hydrogen-bond donors (Lipinski definition) is 0. The first-order chi connectivity index (χ1) is 25.8. The maximum Gasteiger partial charge on any atom is 0.143 e. The van der Waals surface area contributed by atoms with Crippen molar-refractivity contribution in [1.29, 1.82) is 0 Å². The minimum atomic E-state index is 0.906. The van der Waals surface area contributed by atoms with Gasteiger partial charge in [-0.3, -0.25) is 0 Å². The van der Waals surface area contributed by atoms with Crippen molar-refractivity contribution in [2.24, 2.45) is 0 Å². The van der Waals surface area contributed by atoms with E-state index in [0.717, 1.165) is 61.3 Å². The van der Waals surface area contributed by atoms with Crippen LogP contribution in [0.5, 0.6) is 0 Å². The Morgan fingerprint density at radius 1 is 0.327 bits per heavy atom. The van der Waals surface area contributed by atoms with Gasteiger partial charge >= 0.3 is 0 Å². The normalized spacial score (nSPS) is 11.5. The number of rotatable bonds is 6. The van der Waals surface area contributed by atoms with E-state index in [2.05, 4.69) is 193 Å². The van der Waals surface area contributed by atoms with Crippen LogP contribution < -0.4 is 4.90 Å². The van der Waals surface area contributed by atoms with Gasteiger partial charge in [0.2, 0.25) is 0 Å². The molecule has 1 heterocycles. The molecule has 0 saturated heterocycles. The van der Waals surface area contributed by atoms with Crippen molar-refractivity contribution >= 4 is 60.5 Å². The van der Waals surface area contributed by atoms with Crippen LogP contribution in [0.2, 0.25) is 0 Å². The molecule has 0 aliphatic heterocycles. The van der Waals surface area contributed by atoms with Gasteiger partial charge in [-0.15, -0.1) is 0 Å². The van der Waals surface area contributed by atoms with Crippen LogP contribution in [0.25, 0.3) is 76.9 Å². The molecule has 0 radical (unpaired) electrons. The molecule has 0 bridgehead atoms. The predicted octanol–water partition coefficient (Wildman–Crippen LogP) is 14.4. The largest absolute Gasteiger partial charge is 0.455 e. The third-order valence-corrected chi connectivity index (χ3v) is 10.3. The number of para-hydroxylation sites is 2. The van der Waals surface area contributed by atoms with Crippen molar-refractivity contribution in [1.82, 2.24) is 0 Å². The highest BCUT2D eigenvalue weighted by Gasteiger charge is 2.19. The van der Waals surface area contributed by atoms with E-state index in [-0.39, 0.29) is 0 Å². The Bertz CT molecular complexity index is 2810. The van der Waals surface area contributed by atoms with E-state index in [1.807, 2.05) is 12.1 Å². The number of benzene rings is 9. The van der Waals surface area contributed by atoms with Gasteiger partial charge in [-0.1, -0.05) is 164 Å². The highest BCUT2D eigenvalue weighted by atomic mass is 16.3. The number of furan rings is 1. The van der Waals surface area contributed by atoms with Crippen LogP contribution in [0.1, 0.15) is 0 Å². The van der Waals surface area contributed by atoms with Gasteiger partial charge < -0.3 is 9.32 Å². The molecule has 10 rings (SSSR count). The molecule has 0 N–H and O–H groups in total. The molecule has 0 atom stereocenters. The Balaban J connectivity index is 1.12. The molecule has 9 aromatic carbocycles. The first-order valence-corrected chi connectivity index (χ1v) is 17.8. The summed E-state index contributed by atoms with van der Waals surface area (Å²) in [7, 11) is 0. The molecule has 2 nitrogen and oxygen atoms in total. The van der Waals surface area contributed by atoms with Crippen LogP contribution in [0.4, 0.5) is 17.1 Å². The van der Waals surface area contributed by atoms with Crippen LogP contribution in [0.3, 0.4) is 0 Å². The Hall–Kier alpha value is -6.90. The molecule has 0 spiro atoms. The fraction of sp³-hybridized carbons (Fsp3) is 0. The number of hydrogen-bond acceptors (Lipinski definition) is 2. The fourth-order valence-electron chi connectivity index (χ4n) is 7.79. The highest BCUT2D eigenvalue weighted by Crippen LogP contribution is 2.44. The second-order valence-corrected chi connectivity index (χ2v) is 13.3. The van der Waals surface area contributed by atoms with Gasteiger partial charge in [-0.2, -0.15) is 0 Å². The van der Waals surface area contributed by atoms with Crippen LogP contribution in [0.15, 0.2) is 205 Å². The summed E-state index contributed by atoms with van der Waals surface area (Å²) in [5.74, 6) is 0. The third kappa shape index (κ3) is 5.04. The zero-order valence-corrected chi connectivity index (χ0v) is 28.4. The van der Waals surface area contributed by atoms with Gasteiger partial charge in [0.25, 0.3) is 0 Å². The van der Waals surface area contributed by atoms with E-state index in [1.54, 1.807) is 0 Å². The maximum atomic E-state index is 6.50. The number of anilines is 3. The Morgan fingerprint density at radius 3 is 1.60 bits per heavy atom. The van der Waals surface area contributed by atoms with E-state index in [9.17, 15) is 0 Å². The van der Waals surface area contributed by atoms with Gasteiger partial charge in [0.05, 0.1) is 11.4 Å². The molecular formula is C50H33NO. The van der Waals surface area contributed by atoms with Gasteiger partial charge in [0.1, 0.15) is 11.2 Å². The minimum Gasteiger partial charge on any atom is -0.455 e. The topological polar surface area (TPSA) is 16.4 Å². The molecule has 0 fully saturated rings. The lowest BCUT2D eigenvalue weighted by molar-refractivity contribution is 0.670. The van der Waals surface area contributed by atoms with E-state index >= 15 is 0 Å². The second kappa shape index (κ2) is 12.5. The fourth-order valence-corrected chi connectivity index (χ4v) is 7.79. The summed E-state index contributed by atoms with van der Waals surface area (Å²) in [6.45, 7) is 0. The summed E-state index contributed by atoms with van der Waals surface area (Å²) in [4.78, 5) is 2.40. The van der Waals surface area contributed by atoms with Crippen molar-refractivity contribution < 1.29 is 4.42 Å². The molecule has 1 aromatic heterocycles. The lowest BCUT2D eigenvalue weighted by atomic mass is 9.90. The van der Waals surface area contributed by atoms with Crippen LogP contribution >= 0.6 is 0 Å². The molecule has 0 aliphatic carbocycles. The second-order valence-electron chi connectivity index (χ2n) is 13.3. The molecule has 0 amide bonds. The zero-order valence-electron chi connectivity index (χ0n) is 28.4. The maximum absolute atomic E-state index is 6.50. The van der Waals surface area contributed by atoms with Crippen molar-refractivity contribution in [3.05, 3.63) is 200 Å². The molecule has 0 saturated carbocycles. The molecule has 52 heavy (non-hydrogen) atoms. The van der Waals surface area contributed by atoms with E-state index in [0.29, 0.717) is 0 Å². The third-order valence-electron chi connectivity index (χ3n) is 10.3. The summed E-state index contributed by atoms with van der Waals surface area (Å²) in [6.07, 6.45) is 0. The summed E-state index contributed by atoms with van der Waals surface area (Å²) >= 11 is 0. The molecule has 0 unspecified atom stereocenters. The SMILES string of the molecule is c1ccc(-c2cc(-c3ccc(N(c4cccc5ccccc45)c4cccc5ccccc45)cc3)ccc2-c2cccc3c2oc2ccccc23)cc1.